The number of nitrogens with zero attached hydrogens (tertiary/aromatic N) is 2. The number of hydrogen-bond acceptors (Lipinski definition) is 3. The van der Waals surface area contributed by atoms with Crippen molar-refractivity contribution >= 4 is 5.96 Å². The molecule has 0 unspecified atom stereocenters. The Morgan fingerprint density at radius 2 is 2.22 bits per heavy atom. The molecule has 0 amide bonds. The van der Waals surface area contributed by atoms with Gasteiger partial charge in [0.1, 0.15) is 6.10 Å². The first-order valence-electron chi connectivity index (χ1n) is 8.56. The van der Waals surface area contributed by atoms with Crippen molar-refractivity contribution in [2.24, 2.45) is 4.99 Å². The van der Waals surface area contributed by atoms with Crippen molar-refractivity contribution in [2.75, 3.05) is 13.1 Å². The quantitative estimate of drug-likeness (QED) is 0.461. The van der Waals surface area contributed by atoms with Crippen LogP contribution in [0.3, 0.4) is 0 Å². The third-order valence-electron chi connectivity index (χ3n) is 3.82. The van der Waals surface area contributed by atoms with Crippen LogP contribution in [0.2, 0.25) is 0 Å². The standard InChI is InChI=1S/C18H28N4O/c1-3-11-21-18(19-4-2)22-14-15-10-12-20-17(13-15)23-16-8-6-5-7-9-16/h3,10,12-13,16H,1,4-9,11,14H2,2H3,(H2,19,21,22). The lowest BCUT2D eigenvalue weighted by atomic mass is 9.98. The van der Waals surface area contributed by atoms with E-state index in [1.54, 1.807) is 6.20 Å². The van der Waals surface area contributed by atoms with E-state index in [1.807, 2.05) is 25.1 Å². The van der Waals surface area contributed by atoms with E-state index in [-0.39, 0.29) is 0 Å². The van der Waals surface area contributed by atoms with Gasteiger partial charge in [-0.25, -0.2) is 9.98 Å². The molecule has 126 valence electrons. The summed E-state index contributed by atoms with van der Waals surface area (Å²) in [6, 6.07) is 3.98. The lowest BCUT2D eigenvalue weighted by Gasteiger charge is -2.22. The molecule has 1 aliphatic rings. The highest BCUT2D eigenvalue weighted by Gasteiger charge is 2.15. The van der Waals surface area contributed by atoms with Crippen molar-refractivity contribution in [3.05, 3.63) is 36.5 Å². The van der Waals surface area contributed by atoms with Crippen LogP contribution in [0.25, 0.3) is 0 Å². The largest absolute Gasteiger partial charge is 0.474 e. The lowest BCUT2D eigenvalue weighted by molar-refractivity contribution is 0.148. The monoisotopic (exact) mass is 316 g/mol. The minimum Gasteiger partial charge on any atom is -0.474 e. The fourth-order valence-electron chi connectivity index (χ4n) is 2.65. The third kappa shape index (κ3) is 6.30. The number of ether oxygens (including phenoxy) is 1. The molecule has 5 heteroatoms. The lowest BCUT2D eigenvalue weighted by Crippen LogP contribution is -2.37. The maximum Gasteiger partial charge on any atom is 0.213 e. The average molecular weight is 316 g/mol. The first-order chi connectivity index (χ1) is 11.3. The molecule has 0 aliphatic heterocycles. The predicted octanol–water partition coefficient (Wildman–Crippen LogP) is 3.03. The summed E-state index contributed by atoms with van der Waals surface area (Å²) >= 11 is 0. The Morgan fingerprint density at radius 1 is 1.39 bits per heavy atom. The summed E-state index contributed by atoms with van der Waals surface area (Å²) in [7, 11) is 0. The van der Waals surface area contributed by atoms with Crippen molar-refractivity contribution < 1.29 is 4.74 Å². The minimum atomic E-state index is 0.321. The van der Waals surface area contributed by atoms with Crippen LogP contribution in [0.1, 0.15) is 44.6 Å². The van der Waals surface area contributed by atoms with Crippen molar-refractivity contribution in [3.8, 4) is 5.88 Å². The highest BCUT2D eigenvalue weighted by Crippen LogP contribution is 2.22. The zero-order chi connectivity index (χ0) is 16.3. The van der Waals surface area contributed by atoms with Crippen LogP contribution in [0.4, 0.5) is 0 Å². The maximum atomic E-state index is 6.01. The van der Waals surface area contributed by atoms with E-state index in [9.17, 15) is 0 Å². The molecule has 0 radical (unpaired) electrons. The molecule has 1 fully saturated rings. The second kappa shape index (κ2) is 9.87. The third-order valence-corrected chi connectivity index (χ3v) is 3.82. The van der Waals surface area contributed by atoms with Crippen LogP contribution in [0.15, 0.2) is 36.0 Å². The molecular formula is C18H28N4O. The molecule has 0 aromatic carbocycles. The van der Waals surface area contributed by atoms with Gasteiger partial charge in [-0.1, -0.05) is 12.5 Å². The molecule has 2 N–H and O–H groups in total. The normalized spacial score (nSPS) is 16.0. The smallest absolute Gasteiger partial charge is 0.213 e. The summed E-state index contributed by atoms with van der Waals surface area (Å²) in [6.45, 7) is 7.87. The molecule has 23 heavy (non-hydrogen) atoms. The van der Waals surface area contributed by atoms with Crippen LogP contribution < -0.4 is 15.4 Å². The Kier molecular flexibility index (Phi) is 7.43. The summed E-state index contributed by atoms with van der Waals surface area (Å²) in [5.74, 6) is 1.51. The molecule has 0 atom stereocenters. The molecule has 1 aromatic heterocycles. The van der Waals surface area contributed by atoms with E-state index in [0.717, 1.165) is 30.9 Å². The van der Waals surface area contributed by atoms with Crippen LogP contribution in [0.5, 0.6) is 5.88 Å². The molecule has 1 heterocycles. The van der Waals surface area contributed by atoms with Gasteiger partial charge in [-0.15, -0.1) is 6.58 Å². The van der Waals surface area contributed by atoms with Crippen LogP contribution in [-0.4, -0.2) is 30.1 Å². The first-order valence-corrected chi connectivity index (χ1v) is 8.56. The second-order valence-corrected chi connectivity index (χ2v) is 5.74. The van der Waals surface area contributed by atoms with Gasteiger partial charge < -0.3 is 15.4 Å². The van der Waals surface area contributed by atoms with Gasteiger partial charge in [0, 0.05) is 25.4 Å². The SMILES string of the molecule is C=CCNC(=NCc1ccnc(OC2CCCCC2)c1)NCC. The fourth-order valence-corrected chi connectivity index (χ4v) is 2.65. The molecule has 5 nitrogen and oxygen atoms in total. The molecule has 1 aromatic rings. The van der Waals surface area contributed by atoms with Gasteiger partial charge in [-0.3, -0.25) is 0 Å². The van der Waals surface area contributed by atoms with E-state index >= 15 is 0 Å². The first kappa shape index (κ1) is 17.3. The Balaban J connectivity index is 1.93. The second-order valence-electron chi connectivity index (χ2n) is 5.74. The summed E-state index contributed by atoms with van der Waals surface area (Å²) in [5.41, 5.74) is 1.10. The van der Waals surface area contributed by atoms with E-state index in [2.05, 4.69) is 27.2 Å². The topological polar surface area (TPSA) is 58.5 Å². The number of aromatic nitrogens is 1. The van der Waals surface area contributed by atoms with Gasteiger partial charge in [0.15, 0.2) is 5.96 Å². The molecule has 1 aliphatic carbocycles. The Labute approximate surface area is 139 Å². The van der Waals surface area contributed by atoms with Gasteiger partial charge in [0.05, 0.1) is 6.54 Å². The van der Waals surface area contributed by atoms with Crippen molar-refractivity contribution in [3.63, 3.8) is 0 Å². The number of guanidine groups is 1. The highest BCUT2D eigenvalue weighted by atomic mass is 16.5. The molecule has 0 bridgehead atoms. The van der Waals surface area contributed by atoms with E-state index in [1.165, 1.54) is 19.3 Å². The number of pyridine rings is 1. The predicted molar refractivity (Wildman–Crippen MR) is 94.8 cm³/mol. The molecule has 2 rings (SSSR count). The van der Waals surface area contributed by atoms with E-state index < -0.39 is 0 Å². The van der Waals surface area contributed by atoms with Gasteiger partial charge in [-0.2, -0.15) is 0 Å². The number of nitrogens with one attached hydrogen (secondary N) is 2. The van der Waals surface area contributed by atoms with Crippen molar-refractivity contribution in [2.45, 2.75) is 51.7 Å². The highest BCUT2D eigenvalue weighted by molar-refractivity contribution is 5.79. The van der Waals surface area contributed by atoms with Crippen LogP contribution >= 0.6 is 0 Å². The zero-order valence-electron chi connectivity index (χ0n) is 14.1. The van der Waals surface area contributed by atoms with E-state index in [0.29, 0.717) is 25.1 Å². The van der Waals surface area contributed by atoms with Gasteiger partial charge >= 0.3 is 0 Å². The summed E-state index contributed by atoms with van der Waals surface area (Å²) in [6.07, 6.45) is 10.1. The Morgan fingerprint density at radius 3 is 2.96 bits per heavy atom. The molecule has 0 saturated heterocycles. The minimum absolute atomic E-state index is 0.321. The number of rotatable bonds is 7. The van der Waals surface area contributed by atoms with Crippen molar-refractivity contribution in [1.82, 2.24) is 15.6 Å². The zero-order valence-corrected chi connectivity index (χ0v) is 14.1. The van der Waals surface area contributed by atoms with Crippen LogP contribution in [-0.2, 0) is 6.54 Å². The fraction of sp³-hybridized carbons (Fsp3) is 0.556. The molecule has 0 spiro atoms. The van der Waals surface area contributed by atoms with E-state index in [4.69, 9.17) is 4.74 Å². The number of hydrogen-bond donors (Lipinski definition) is 2. The Bertz CT molecular complexity index is 509. The van der Waals surface area contributed by atoms with Gasteiger partial charge in [-0.05, 0) is 44.2 Å². The number of aliphatic imine (C=N–C) groups is 1. The average Bonchev–Trinajstić information content (AvgIpc) is 2.59. The van der Waals surface area contributed by atoms with Gasteiger partial charge in [0.2, 0.25) is 5.88 Å². The van der Waals surface area contributed by atoms with Crippen molar-refractivity contribution in [1.29, 1.82) is 0 Å². The summed E-state index contributed by atoms with van der Waals surface area (Å²) in [5, 5.41) is 6.41. The van der Waals surface area contributed by atoms with Gasteiger partial charge in [0.25, 0.3) is 0 Å². The Hall–Kier alpha value is -2.04. The molecule has 1 saturated carbocycles. The molecular weight excluding hydrogens is 288 g/mol. The summed E-state index contributed by atoms with van der Waals surface area (Å²) in [4.78, 5) is 8.90. The maximum absolute atomic E-state index is 6.01. The van der Waals surface area contributed by atoms with Crippen LogP contribution in [0, 0.1) is 0 Å². The summed E-state index contributed by atoms with van der Waals surface area (Å²) < 4.78 is 6.01.